The Morgan fingerprint density at radius 3 is 2.60 bits per heavy atom. The van der Waals surface area contributed by atoms with Crippen LogP contribution in [-0.2, 0) is 21.1 Å². The molecule has 0 atom stereocenters. The van der Waals surface area contributed by atoms with E-state index in [0.717, 1.165) is 23.1 Å². The van der Waals surface area contributed by atoms with Crippen molar-refractivity contribution in [1.82, 2.24) is 9.55 Å². The van der Waals surface area contributed by atoms with Crippen molar-refractivity contribution in [3.8, 4) is 5.69 Å². The molecule has 12 heteroatoms. The molecule has 2 aromatic heterocycles. The van der Waals surface area contributed by atoms with Crippen molar-refractivity contribution in [2.45, 2.75) is 17.6 Å². The van der Waals surface area contributed by atoms with E-state index < -0.39 is 32.7 Å². The average Bonchev–Trinajstić information content (AvgIpc) is 3.22. The highest BCUT2D eigenvalue weighted by Gasteiger charge is 2.22. The minimum absolute atomic E-state index is 0.00417. The van der Waals surface area contributed by atoms with Crippen LogP contribution in [0.1, 0.15) is 11.4 Å². The molecule has 2 aromatic carbocycles. The van der Waals surface area contributed by atoms with Gasteiger partial charge < -0.3 is 5.32 Å². The molecule has 0 saturated carbocycles. The SMILES string of the molecule is CNc1cc2nc(C)n(-c3ccc(CC(=O)CS(=O)(=O)c4ccc(Cl)s4)cc3F)c(=O)c2cc1Br. The van der Waals surface area contributed by atoms with Gasteiger partial charge in [-0.1, -0.05) is 17.7 Å². The molecule has 1 N–H and O–H groups in total. The number of aromatic nitrogens is 2. The van der Waals surface area contributed by atoms with E-state index in [2.05, 4.69) is 26.2 Å². The quantitative estimate of drug-likeness (QED) is 0.324. The van der Waals surface area contributed by atoms with Crippen molar-refractivity contribution in [2.75, 3.05) is 18.1 Å². The van der Waals surface area contributed by atoms with Crippen molar-refractivity contribution in [1.29, 1.82) is 0 Å². The van der Waals surface area contributed by atoms with Crippen molar-refractivity contribution in [2.24, 2.45) is 0 Å². The van der Waals surface area contributed by atoms with E-state index in [0.29, 0.717) is 19.7 Å². The number of ketones is 1. The first-order valence-electron chi connectivity index (χ1n) is 10.2. The summed E-state index contributed by atoms with van der Waals surface area (Å²) in [5.74, 6) is -1.76. The number of carbonyl (C=O) groups excluding carboxylic acids is 1. The fourth-order valence-electron chi connectivity index (χ4n) is 3.66. The fraction of sp³-hybridized carbons (Fsp3) is 0.174. The number of rotatable bonds is 7. The van der Waals surface area contributed by atoms with Crippen LogP contribution in [0.25, 0.3) is 16.6 Å². The van der Waals surface area contributed by atoms with Crippen LogP contribution in [0.4, 0.5) is 10.1 Å². The lowest BCUT2D eigenvalue weighted by atomic mass is 10.1. The number of hydrogen-bond donors (Lipinski definition) is 1. The van der Waals surface area contributed by atoms with Crippen LogP contribution in [0.15, 0.2) is 55.9 Å². The topological polar surface area (TPSA) is 98.1 Å². The molecule has 0 aliphatic carbocycles. The number of halogens is 3. The first-order valence-corrected chi connectivity index (χ1v) is 13.8. The second-order valence-electron chi connectivity index (χ2n) is 7.72. The van der Waals surface area contributed by atoms with Gasteiger partial charge in [-0.25, -0.2) is 17.8 Å². The van der Waals surface area contributed by atoms with Gasteiger partial charge in [-0.2, -0.15) is 0 Å². The Balaban J connectivity index is 1.63. The van der Waals surface area contributed by atoms with E-state index in [4.69, 9.17) is 11.6 Å². The Bertz CT molecular complexity index is 1650. The van der Waals surface area contributed by atoms with Crippen LogP contribution < -0.4 is 10.9 Å². The summed E-state index contributed by atoms with van der Waals surface area (Å²) in [6.07, 6.45) is -0.279. The number of carbonyl (C=O) groups is 1. The Morgan fingerprint density at radius 2 is 1.97 bits per heavy atom. The fourth-order valence-corrected chi connectivity index (χ4v) is 7.01. The van der Waals surface area contributed by atoms with Crippen LogP contribution in [-0.4, -0.2) is 36.6 Å². The zero-order valence-electron chi connectivity index (χ0n) is 18.4. The predicted molar refractivity (Wildman–Crippen MR) is 139 cm³/mol. The summed E-state index contributed by atoms with van der Waals surface area (Å²) in [5, 5.41) is 3.31. The van der Waals surface area contributed by atoms with Gasteiger partial charge in [-0.05, 0) is 64.8 Å². The average molecular weight is 599 g/mol. The summed E-state index contributed by atoms with van der Waals surface area (Å²) in [7, 11) is -2.09. The standard InChI is InChI=1S/C23H18BrClFN3O4S2/c1-12-28-18-10-19(27-2)16(24)9-15(18)23(31)29(12)20-4-3-13(8-17(20)26)7-14(30)11-35(32,33)22-6-5-21(25)34-22/h3-6,8-10,27H,7,11H2,1-2H3. The summed E-state index contributed by atoms with van der Waals surface area (Å²) in [6, 6.07) is 10.1. The van der Waals surface area contributed by atoms with E-state index in [9.17, 15) is 18.0 Å². The lowest BCUT2D eigenvalue weighted by Crippen LogP contribution is -2.23. The highest BCUT2D eigenvalue weighted by atomic mass is 79.9. The van der Waals surface area contributed by atoms with Gasteiger partial charge in [0.05, 0.1) is 26.6 Å². The maximum Gasteiger partial charge on any atom is 0.266 e. The van der Waals surface area contributed by atoms with Gasteiger partial charge in [0.1, 0.15) is 21.6 Å². The first kappa shape index (κ1) is 25.5. The zero-order chi connectivity index (χ0) is 25.5. The summed E-state index contributed by atoms with van der Waals surface area (Å²) in [6.45, 7) is 1.60. The summed E-state index contributed by atoms with van der Waals surface area (Å²) in [4.78, 5) is 30.1. The molecule has 0 spiro atoms. The zero-order valence-corrected chi connectivity index (χ0v) is 22.4. The number of sulfone groups is 1. The molecule has 182 valence electrons. The minimum Gasteiger partial charge on any atom is -0.387 e. The maximum atomic E-state index is 15.1. The molecule has 4 rings (SSSR count). The third-order valence-corrected chi connectivity index (χ3v) is 9.40. The second kappa shape index (κ2) is 9.81. The minimum atomic E-state index is -3.83. The number of aryl methyl sites for hydroxylation is 1. The lowest BCUT2D eigenvalue weighted by molar-refractivity contribution is -0.116. The molecule has 35 heavy (non-hydrogen) atoms. The number of thiophene rings is 1. The number of fused-ring (bicyclic) bond motifs is 1. The Kier molecular flexibility index (Phi) is 7.14. The normalized spacial score (nSPS) is 11.7. The van der Waals surface area contributed by atoms with Gasteiger partial charge in [-0.15, -0.1) is 11.3 Å². The van der Waals surface area contributed by atoms with Crippen molar-refractivity contribution >= 4 is 71.1 Å². The molecule has 0 aliphatic rings. The number of nitrogens with zero attached hydrogens (tertiary/aromatic N) is 2. The molecule has 2 heterocycles. The largest absolute Gasteiger partial charge is 0.387 e. The van der Waals surface area contributed by atoms with Gasteiger partial charge in [0, 0.05) is 17.9 Å². The number of nitrogens with one attached hydrogen (secondary N) is 1. The van der Waals surface area contributed by atoms with Crippen LogP contribution in [0.5, 0.6) is 0 Å². The number of hydrogen-bond acceptors (Lipinski definition) is 7. The lowest BCUT2D eigenvalue weighted by Gasteiger charge is -2.14. The van der Waals surface area contributed by atoms with Gasteiger partial charge in [0.2, 0.25) is 0 Å². The van der Waals surface area contributed by atoms with Crippen molar-refractivity contribution in [3.05, 3.63) is 78.8 Å². The summed E-state index contributed by atoms with van der Waals surface area (Å²) < 4.78 is 42.0. The van der Waals surface area contributed by atoms with Crippen LogP contribution >= 0.6 is 38.9 Å². The second-order valence-corrected chi connectivity index (χ2v) is 12.5. The molecule has 0 saturated heterocycles. The molecular formula is C23H18BrClFN3O4S2. The van der Waals surface area contributed by atoms with Crippen LogP contribution in [0.3, 0.4) is 0 Å². The third-order valence-electron chi connectivity index (χ3n) is 5.25. The molecule has 0 aliphatic heterocycles. The van der Waals surface area contributed by atoms with Crippen LogP contribution in [0.2, 0.25) is 4.34 Å². The molecule has 7 nitrogen and oxygen atoms in total. The van der Waals surface area contributed by atoms with Crippen LogP contribution in [0, 0.1) is 12.7 Å². The monoisotopic (exact) mass is 597 g/mol. The number of benzene rings is 2. The Morgan fingerprint density at radius 1 is 1.23 bits per heavy atom. The molecule has 0 fully saturated rings. The first-order chi connectivity index (χ1) is 16.5. The molecule has 0 unspecified atom stereocenters. The third kappa shape index (κ3) is 5.18. The summed E-state index contributed by atoms with van der Waals surface area (Å²) >= 11 is 10.1. The smallest absolute Gasteiger partial charge is 0.266 e. The molecule has 4 aromatic rings. The Hall–Kier alpha value is -2.60. The molecular weight excluding hydrogens is 581 g/mol. The van der Waals surface area contributed by atoms with Gasteiger partial charge in [-0.3, -0.25) is 14.2 Å². The number of Topliss-reactive ketones (excluding diaryl/α,β-unsaturated/α-hetero) is 1. The van der Waals surface area contributed by atoms with Crippen molar-refractivity contribution < 1.29 is 17.6 Å². The van der Waals surface area contributed by atoms with Gasteiger partial charge in [0.15, 0.2) is 15.6 Å². The van der Waals surface area contributed by atoms with Crippen molar-refractivity contribution in [3.63, 3.8) is 0 Å². The molecule has 0 amide bonds. The molecule has 0 radical (unpaired) electrons. The number of anilines is 1. The van der Waals surface area contributed by atoms with E-state index in [1.54, 1.807) is 26.1 Å². The van der Waals surface area contributed by atoms with Gasteiger partial charge >= 0.3 is 0 Å². The van der Waals surface area contributed by atoms with E-state index in [1.807, 2.05) is 0 Å². The van der Waals surface area contributed by atoms with E-state index in [1.165, 1.54) is 28.8 Å². The maximum absolute atomic E-state index is 15.1. The predicted octanol–water partition coefficient (Wildman–Crippen LogP) is 4.94. The summed E-state index contributed by atoms with van der Waals surface area (Å²) in [5.41, 5.74) is 1.04. The highest BCUT2D eigenvalue weighted by Crippen LogP contribution is 2.28. The van der Waals surface area contributed by atoms with E-state index >= 15 is 4.39 Å². The Labute approximate surface area is 217 Å². The van der Waals surface area contributed by atoms with E-state index in [-0.39, 0.29) is 27.7 Å². The highest BCUT2D eigenvalue weighted by molar-refractivity contribution is 9.10. The molecule has 0 bridgehead atoms. The van der Waals surface area contributed by atoms with Gasteiger partial charge in [0.25, 0.3) is 5.56 Å².